The van der Waals surface area contributed by atoms with Crippen molar-refractivity contribution >= 4 is 11.9 Å². The summed E-state index contributed by atoms with van der Waals surface area (Å²) in [5, 5.41) is 28.1. The number of ether oxygens (including phenoxy) is 1. The Hall–Kier alpha value is -1.92. The molecule has 6 nitrogen and oxygen atoms in total. The minimum atomic E-state index is -1.69. The Kier molecular flexibility index (Phi) is 5.47. The normalized spacial score (nSPS) is 13.6. The van der Waals surface area contributed by atoms with Crippen molar-refractivity contribution in [3.8, 4) is 0 Å². The van der Waals surface area contributed by atoms with Gasteiger partial charge in [-0.3, -0.25) is 4.79 Å². The van der Waals surface area contributed by atoms with Gasteiger partial charge in [-0.05, 0) is 18.1 Å². The standard InChI is InChI=1S/C13H16O6/c1-2-19-13(18)12(17)11(16)9-5-3-4-8(6-9)7-10(14)15/h3-6,11-12,16-17H,2,7H2,1H3,(H,14,15). The minimum absolute atomic E-state index is 0.0989. The summed E-state index contributed by atoms with van der Waals surface area (Å²) in [6, 6.07) is 6.06. The molecule has 2 atom stereocenters. The number of esters is 1. The molecule has 1 aromatic rings. The molecule has 0 saturated carbocycles. The highest BCUT2D eigenvalue weighted by molar-refractivity contribution is 5.75. The number of rotatable bonds is 6. The van der Waals surface area contributed by atoms with Crippen LogP contribution in [0.5, 0.6) is 0 Å². The van der Waals surface area contributed by atoms with Crippen LogP contribution in [0.15, 0.2) is 24.3 Å². The topological polar surface area (TPSA) is 104 Å². The monoisotopic (exact) mass is 268 g/mol. The van der Waals surface area contributed by atoms with Crippen molar-refractivity contribution in [2.75, 3.05) is 6.61 Å². The van der Waals surface area contributed by atoms with Crippen molar-refractivity contribution in [1.82, 2.24) is 0 Å². The van der Waals surface area contributed by atoms with E-state index in [2.05, 4.69) is 4.74 Å². The average molecular weight is 268 g/mol. The van der Waals surface area contributed by atoms with E-state index in [0.29, 0.717) is 5.56 Å². The van der Waals surface area contributed by atoms with Gasteiger partial charge in [0.05, 0.1) is 13.0 Å². The van der Waals surface area contributed by atoms with Crippen molar-refractivity contribution < 1.29 is 29.6 Å². The third kappa shape index (κ3) is 4.35. The highest BCUT2D eigenvalue weighted by atomic mass is 16.5. The second-order valence-corrected chi connectivity index (χ2v) is 3.96. The molecule has 0 amide bonds. The maximum atomic E-state index is 11.3. The molecule has 0 aliphatic heterocycles. The fourth-order valence-corrected chi connectivity index (χ4v) is 1.60. The number of carbonyl (C=O) groups excluding carboxylic acids is 1. The molecular formula is C13H16O6. The van der Waals surface area contributed by atoms with Gasteiger partial charge in [-0.25, -0.2) is 4.79 Å². The zero-order valence-corrected chi connectivity index (χ0v) is 10.4. The van der Waals surface area contributed by atoms with Gasteiger partial charge in [-0.2, -0.15) is 0 Å². The number of aliphatic hydroxyl groups is 2. The number of carboxylic acid groups (broad SMARTS) is 1. The van der Waals surface area contributed by atoms with Crippen LogP contribution in [-0.2, 0) is 20.7 Å². The molecule has 0 spiro atoms. The highest BCUT2D eigenvalue weighted by Crippen LogP contribution is 2.19. The highest BCUT2D eigenvalue weighted by Gasteiger charge is 2.27. The zero-order chi connectivity index (χ0) is 14.4. The van der Waals surface area contributed by atoms with Crippen molar-refractivity contribution in [2.45, 2.75) is 25.6 Å². The molecule has 0 radical (unpaired) electrons. The molecule has 104 valence electrons. The number of hydrogen-bond donors (Lipinski definition) is 3. The smallest absolute Gasteiger partial charge is 0.338 e. The fourth-order valence-electron chi connectivity index (χ4n) is 1.60. The van der Waals surface area contributed by atoms with Crippen LogP contribution in [0, 0.1) is 0 Å². The fraction of sp³-hybridized carbons (Fsp3) is 0.385. The largest absolute Gasteiger partial charge is 0.481 e. The van der Waals surface area contributed by atoms with Crippen molar-refractivity contribution in [2.24, 2.45) is 0 Å². The summed E-state index contributed by atoms with van der Waals surface area (Å²) in [6.07, 6.45) is -3.34. The summed E-state index contributed by atoms with van der Waals surface area (Å²) < 4.78 is 4.60. The third-order valence-corrected chi connectivity index (χ3v) is 2.48. The van der Waals surface area contributed by atoms with Crippen LogP contribution in [0.25, 0.3) is 0 Å². The molecule has 6 heteroatoms. The van der Waals surface area contributed by atoms with E-state index in [1.807, 2.05) is 0 Å². The lowest BCUT2D eigenvalue weighted by Gasteiger charge is -2.17. The van der Waals surface area contributed by atoms with E-state index in [0.717, 1.165) is 0 Å². The van der Waals surface area contributed by atoms with Gasteiger partial charge in [0.15, 0.2) is 6.10 Å². The number of benzene rings is 1. The number of carboxylic acids is 1. The quantitative estimate of drug-likeness (QED) is 0.640. The summed E-state index contributed by atoms with van der Waals surface area (Å²) in [7, 11) is 0. The van der Waals surface area contributed by atoms with Crippen LogP contribution in [-0.4, -0.2) is 40.0 Å². The van der Waals surface area contributed by atoms with Gasteiger partial charge in [-0.1, -0.05) is 24.3 Å². The van der Waals surface area contributed by atoms with Crippen LogP contribution in [0.1, 0.15) is 24.2 Å². The minimum Gasteiger partial charge on any atom is -0.481 e. The third-order valence-electron chi connectivity index (χ3n) is 2.48. The molecule has 19 heavy (non-hydrogen) atoms. The van der Waals surface area contributed by atoms with E-state index in [1.165, 1.54) is 12.1 Å². The van der Waals surface area contributed by atoms with E-state index < -0.39 is 24.1 Å². The van der Waals surface area contributed by atoms with Crippen LogP contribution in [0.3, 0.4) is 0 Å². The van der Waals surface area contributed by atoms with Crippen molar-refractivity contribution in [1.29, 1.82) is 0 Å². The predicted molar refractivity (Wildman–Crippen MR) is 65.4 cm³/mol. The molecule has 1 aromatic carbocycles. The Morgan fingerprint density at radius 1 is 1.32 bits per heavy atom. The molecule has 0 aliphatic carbocycles. The number of aliphatic carboxylic acids is 1. The van der Waals surface area contributed by atoms with Gasteiger partial charge in [0.1, 0.15) is 6.10 Å². The Labute approximate surface area is 110 Å². The summed E-state index contributed by atoms with van der Waals surface area (Å²) in [6.45, 7) is 1.69. The van der Waals surface area contributed by atoms with Gasteiger partial charge < -0.3 is 20.1 Å². The Morgan fingerprint density at radius 2 is 2.00 bits per heavy atom. The first-order valence-electron chi connectivity index (χ1n) is 5.79. The summed E-state index contributed by atoms with van der Waals surface area (Å²) in [5.41, 5.74) is 0.736. The van der Waals surface area contributed by atoms with E-state index in [4.69, 9.17) is 5.11 Å². The first kappa shape index (κ1) is 15.1. The van der Waals surface area contributed by atoms with Crippen molar-refractivity contribution in [3.05, 3.63) is 35.4 Å². The van der Waals surface area contributed by atoms with E-state index in [1.54, 1.807) is 19.1 Å². The first-order valence-corrected chi connectivity index (χ1v) is 5.79. The molecule has 0 aromatic heterocycles. The Bertz CT molecular complexity index is 456. The molecule has 0 fully saturated rings. The van der Waals surface area contributed by atoms with Gasteiger partial charge >= 0.3 is 11.9 Å². The summed E-state index contributed by atoms with van der Waals surface area (Å²) in [4.78, 5) is 21.9. The molecule has 0 saturated heterocycles. The van der Waals surface area contributed by atoms with Crippen LogP contribution >= 0.6 is 0 Å². The van der Waals surface area contributed by atoms with Gasteiger partial charge in [0, 0.05) is 0 Å². The number of aliphatic hydroxyl groups excluding tert-OH is 2. The lowest BCUT2D eigenvalue weighted by atomic mass is 10.0. The Morgan fingerprint density at radius 3 is 2.58 bits per heavy atom. The van der Waals surface area contributed by atoms with E-state index >= 15 is 0 Å². The number of carbonyl (C=O) groups is 2. The van der Waals surface area contributed by atoms with Crippen LogP contribution in [0.2, 0.25) is 0 Å². The van der Waals surface area contributed by atoms with E-state index in [-0.39, 0.29) is 18.6 Å². The van der Waals surface area contributed by atoms with Crippen LogP contribution in [0.4, 0.5) is 0 Å². The second-order valence-electron chi connectivity index (χ2n) is 3.96. The van der Waals surface area contributed by atoms with Gasteiger partial charge in [-0.15, -0.1) is 0 Å². The van der Waals surface area contributed by atoms with Gasteiger partial charge in [0.25, 0.3) is 0 Å². The summed E-state index contributed by atoms with van der Waals surface area (Å²) >= 11 is 0. The zero-order valence-electron chi connectivity index (χ0n) is 10.4. The molecule has 0 heterocycles. The molecule has 1 rings (SSSR count). The molecule has 3 N–H and O–H groups in total. The van der Waals surface area contributed by atoms with E-state index in [9.17, 15) is 19.8 Å². The lowest BCUT2D eigenvalue weighted by Crippen LogP contribution is -2.29. The number of hydrogen-bond acceptors (Lipinski definition) is 5. The molecular weight excluding hydrogens is 252 g/mol. The molecule has 0 bridgehead atoms. The maximum Gasteiger partial charge on any atom is 0.338 e. The molecule has 2 unspecified atom stereocenters. The summed E-state index contributed by atoms with van der Waals surface area (Å²) in [5.74, 6) is -1.92. The van der Waals surface area contributed by atoms with Crippen molar-refractivity contribution in [3.63, 3.8) is 0 Å². The predicted octanol–water partition coefficient (Wildman–Crippen LogP) is 0.271. The lowest BCUT2D eigenvalue weighted by molar-refractivity contribution is -0.159. The maximum absolute atomic E-state index is 11.3. The average Bonchev–Trinajstić information content (AvgIpc) is 2.36. The second kappa shape index (κ2) is 6.86. The molecule has 0 aliphatic rings. The Balaban J connectivity index is 2.84. The van der Waals surface area contributed by atoms with Gasteiger partial charge in [0.2, 0.25) is 0 Å². The van der Waals surface area contributed by atoms with Crippen LogP contribution < -0.4 is 0 Å². The first-order chi connectivity index (χ1) is 8.95. The SMILES string of the molecule is CCOC(=O)C(O)C(O)c1cccc(CC(=O)O)c1.